The number of hydrogen-bond acceptors (Lipinski definition) is 2. The minimum absolute atomic E-state index is 0.0204. The van der Waals surface area contributed by atoms with Crippen LogP contribution in [0.1, 0.15) is 44.7 Å². The van der Waals surface area contributed by atoms with Crippen LogP contribution in [0.2, 0.25) is 5.02 Å². The molecule has 0 radical (unpaired) electrons. The van der Waals surface area contributed by atoms with E-state index in [0.717, 1.165) is 37.4 Å². The molecule has 20 heavy (non-hydrogen) atoms. The molecule has 0 aromatic heterocycles. The summed E-state index contributed by atoms with van der Waals surface area (Å²) in [5.41, 5.74) is 2.74. The van der Waals surface area contributed by atoms with Gasteiger partial charge in [-0.1, -0.05) is 23.7 Å². The van der Waals surface area contributed by atoms with Crippen molar-refractivity contribution >= 4 is 11.6 Å². The van der Waals surface area contributed by atoms with Gasteiger partial charge in [0.05, 0.1) is 11.7 Å². The summed E-state index contributed by atoms with van der Waals surface area (Å²) in [5, 5.41) is 0.925. The molecule has 3 heteroatoms. The molecular weight excluding hydrogens is 270 g/mol. The molecule has 1 fully saturated rings. The molecular formula is C17H24ClNO. The zero-order chi connectivity index (χ0) is 14.3. The number of rotatable bonds is 2. The van der Waals surface area contributed by atoms with E-state index in [1.54, 1.807) is 0 Å². The van der Waals surface area contributed by atoms with Gasteiger partial charge in [-0.15, -0.1) is 0 Å². The van der Waals surface area contributed by atoms with Crippen LogP contribution in [0.5, 0.6) is 0 Å². The van der Waals surface area contributed by atoms with Crippen molar-refractivity contribution in [3.05, 3.63) is 34.3 Å². The third kappa shape index (κ3) is 3.03. The van der Waals surface area contributed by atoms with Gasteiger partial charge in [0.15, 0.2) is 0 Å². The van der Waals surface area contributed by atoms with Gasteiger partial charge in [0.2, 0.25) is 0 Å². The van der Waals surface area contributed by atoms with E-state index >= 15 is 0 Å². The summed E-state index contributed by atoms with van der Waals surface area (Å²) in [6.45, 7) is 8.56. The lowest BCUT2D eigenvalue weighted by Crippen LogP contribution is -2.51. The smallest absolute Gasteiger partial charge is 0.0612 e. The predicted molar refractivity (Wildman–Crippen MR) is 83.2 cm³/mol. The van der Waals surface area contributed by atoms with E-state index in [9.17, 15) is 0 Å². The lowest BCUT2D eigenvalue weighted by atomic mass is 9.85. The molecule has 0 unspecified atom stereocenters. The molecule has 0 spiro atoms. The van der Waals surface area contributed by atoms with Crippen molar-refractivity contribution in [3.8, 4) is 0 Å². The van der Waals surface area contributed by atoms with E-state index in [1.165, 1.54) is 11.1 Å². The van der Waals surface area contributed by atoms with Crippen LogP contribution in [-0.4, -0.2) is 29.2 Å². The highest BCUT2D eigenvalue weighted by molar-refractivity contribution is 6.31. The molecule has 2 nitrogen and oxygen atoms in total. The zero-order valence-electron chi connectivity index (χ0n) is 12.7. The number of benzene rings is 1. The van der Waals surface area contributed by atoms with E-state index in [2.05, 4.69) is 37.8 Å². The zero-order valence-corrected chi connectivity index (χ0v) is 13.4. The maximum absolute atomic E-state index is 6.34. The fourth-order valence-corrected chi connectivity index (χ4v) is 3.56. The maximum Gasteiger partial charge on any atom is 0.0612 e. The van der Waals surface area contributed by atoms with Gasteiger partial charge >= 0.3 is 0 Å². The van der Waals surface area contributed by atoms with E-state index in [4.69, 9.17) is 16.3 Å². The summed E-state index contributed by atoms with van der Waals surface area (Å²) in [6, 6.07) is 6.96. The molecule has 2 aliphatic rings. The highest BCUT2D eigenvalue weighted by Crippen LogP contribution is 2.35. The summed E-state index contributed by atoms with van der Waals surface area (Å²) in [4.78, 5) is 2.58. The highest BCUT2D eigenvalue weighted by Gasteiger charge is 2.37. The topological polar surface area (TPSA) is 12.5 Å². The van der Waals surface area contributed by atoms with Gasteiger partial charge in [-0.2, -0.15) is 0 Å². The average molecular weight is 294 g/mol. The minimum Gasteiger partial charge on any atom is -0.373 e. The second kappa shape index (κ2) is 5.32. The predicted octanol–water partition coefficient (Wildman–Crippen LogP) is 4.04. The van der Waals surface area contributed by atoms with Crippen LogP contribution in [0.4, 0.5) is 0 Å². The van der Waals surface area contributed by atoms with Gasteiger partial charge in [0.25, 0.3) is 0 Å². The summed E-state index contributed by atoms with van der Waals surface area (Å²) >= 11 is 6.34. The minimum atomic E-state index is -0.0204. The lowest BCUT2D eigenvalue weighted by Gasteiger charge is -2.46. The van der Waals surface area contributed by atoms with Crippen LogP contribution in [0.15, 0.2) is 18.2 Å². The molecule has 3 rings (SSSR count). The Morgan fingerprint density at radius 3 is 2.70 bits per heavy atom. The van der Waals surface area contributed by atoms with Crippen molar-refractivity contribution in [1.29, 1.82) is 0 Å². The van der Waals surface area contributed by atoms with Crippen molar-refractivity contribution in [2.24, 2.45) is 0 Å². The molecule has 1 aromatic carbocycles. The third-order valence-electron chi connectivity index (χ3n) is 4.35. The standard InChI is InChI=1S/C17H24ClNO/c1-17(2,3)20-14-9-13(10-14)19-8-7-12-5-4-6-16(18)15(12)11-19/h4-6,13-14H,7-11H2,1-3H3. The number of hydrogen-bond donors (Lipinski definition) is 0. The van der Waals surface area contributed by atoms with Gasteiger partial charge in [-0.05, 0) is 57.2 Å². The summed E-state index contributed by atoms with van der Waals surface area (Å²) in [5.74, 6) is 0. The van der Waals surface area contributed by atoms with Crippen molar-refractivity contribution in [3.63, 3.8) is 0 Å². The van der Waals surface area contributed by atoms with E-state index < -0.39 is 0 Å². The second-order valence-electron chi connectivity index (χ2n) is 7.08. The molecule has 1 aliphatic heterocycles. The fraction of sp³-hybridized carbons (Fsp3) is 0.647. The van der Waals surface area contributed by atoms with E-state index in [-0.39, 0.29) is 5.60 Å². The normalized spacial score (nSPS) is 27.0. The van der Waals surface area contributed by atoms with Crippen LogP contribution < -0.4 is 0 Å². The molecule has 0 bridgehead atoms. The first-order chi connectivity index (χ1) is 9.42. The van der Waals surface area contributed by atoms with Crippen LogP contribution in [0, 0.1) is 0 Å². The van der Waals surface area contributed by atoms with E-state index in [0.29, 0.717) is 12.1 Å². The first kappa shape index (κ1) is 14.4. The fourth-order valence-electron chi connectivity index (χ4n) is 3.30. The Balaban J connectivity index is 1.58. The Kier molecular flexibility index (Phi) is 3.83. The van der Waals surface area contributed by atoms with Crippen molar-refractivity contribution in [2.75, 3.05) is 6.54 Å². The van der Waals surface area contributed by atoms with Gasteiger partial charge in [-0.3, -0.25) is 4.90 Å². The summed E-state index contributed by atoms with van der Waals surface area (Å²) < 4.78 is 6.04. The van der Waals surface area contributed by atoms with Crippen molar-refractivity contribution < 1.29 is 4.74 Å². The second-order valence-corrected chi connectivity index (χ2v) is 7.48. The molecule has 1 aromatic rings. The molecule has 110 valence electrons. The molecule has 0 N–H and O–H groups in total. The first-order valence-corrected chi connectivity index (χ1v) is 7.98. The molecule has 0 amide bonds. The van der Waals surface area contributed by atoms with Crippen molar-refractivity contribution in [1.82, 2.24) is 4.90 Å². The van der Waals surface area contributed by atoms with E-state index in [1.807, 2.05) is 6.07 Å². The number of halogens is 1. The lowest BCUT2D eigenvalue weighted by molar-refractivity contribution is -0.121. The van der Waals surface area contributed by atoms with Crippen molar-refractivity contribution in [2.45, 2.75) is 64.3 Å². The number of fused-ring (bicyclic) bond motifs is 1. The molecule has 1 heterocycles. The molecule has 1 aliphatic carbocycles. The maximum atomic E-state index is 6.34. The largest absolute Gasteiger partial charge is 0.373 e. The summed E-state index contributed by atoms with van der Waals surface area (Å²) in [7, 11) is 0. The molecule has 0 saturated heterocycles. The Hall–Kier alpha value is -0.570. The number of ether oxygens (including phenoxy) is 1. The monoisotopic (exact) mass is 293 g/mol. The van der Waals surface area contributed by atoms with Gasteiger partial charge in [-0.25, -0.2) is 0 Å². The average Bonchev–Trinajstić information content (AvgIpc) is 2.32. The Bertz CT molecular complexity index is 488. The van der Waals surface area contributed by atoms with Crippen LogP contribution in [0.25, 0.3) is 0 Å². The third-order valence-corrected chi connectivity index (χ3v) is 4.71. The van der Waals surface area contributed by atoms with Gasteiger partial charge < -0.3 is 4.74 Å². The van der Waals surface area contributed by atoms with Crippen LogP contribution in [-0.2, 0) is 17.7 Å². The summed E-state index contributed by atoms with van der Waals surface area (Å²) in [6.07, 6.45) is 3.89. The highest BCUT2D eigenvalue weighted by atomic mass is 35.5. The van der Waals surface area contributed by atoms with Gasteiger partial charge in [0.1, 0.15) is 0 Å². The SMILES string of the molecule is CC(C)(C)OC1CC(N2CCc3cccc(Cl)c3C2)C1. The molecule has 0 atom stereocenters. The Labute approximate surface area is 127 Å². The Morgan fingerprint density at radius 1 is 1.25 bits per heavy atom. The van der Waals surface area contributed by atoms with Crippen LogP contribution >= 0.6 is 11.6 Å². The number of nitrogens with zero attached hydrogens (tertiary/aromatic N) is 1. The molecule has 1 saturated carbocycles. The Morgan fingerprint density at radius 2 is 2.00 bits per heavy atom. The van der Waals surface area contributed by atoms with Gasteiger partial charge in [0, 0.05) is 24.2 Å². The quantitative estimate of drug-likeness (QED) is 0.816. The van der Waals surface area contributed by atoms with Crippen LogP contribution in [0.3, 0.4) is 0 Å². The first-order valence-electron chi connectivity index (χ1n) is 7.60.